The van der Waals surface area contributed by atoms with Crippen LogP contribution in [0.4, 0.5) is 0 Å². The molecule has 2 N–H and O–H groups in total. The minimum absolute atomic E-state index is 0.00227. The highest BCUT2D eigenvalue weighted by Crippen LogP contribution is 2.30. The van der Waals surface area contributed by atoms with Crippen LogP contribution in [0.1, 0.15) is 43.1 Å². The maximum absolute atomic E-state index is 12.4. The molecule has 2 aliphatic rings. The van der Waals surface area contributed by atoms with Crippen LogP contribution < -0.4 is 5.32 Å². The van der Waals surface area contributed by atoms with Crippen molar-refractivity contribution < 1.29 is 4.79 Å². The number of nitrogens with zero attached hydrogens (tertiary/aromatic N) is 3. The van der Waals surface area contributed by atoms with Gasteiger partial charge in [-0.15, -0.1) is 0 Å². The molecule has 6 nitrogen and oxygen atoms in total. The van der Waals surface area contributed by atoms with Gasteiger partial charge in [0, 0.05) is 24.7 Å². The summed E-state index contributed by atoms with van der Waals surface area (Å²) in [6.07, 6.45) is 6.12. The number of hydrogen-bond donors (Lipinski definition) is 2. The van der Waals surface area contributed by atoms with Crippen molar-refractivity contribution in [2.45, 2.75) is 50.7 Å². The summed E-state index contributed by atoms with van der Waals surface area (Å²) in [5, 5.41) is 13.7. The Bertz CT molecular complexity index is 406. The lowest BCUT2D eigenvalue weighted by atomic mass is 9.98. The first-order valence-corrected chi connectivity index (χ1v) is 6.70. The highest BCUT2D eigenvalue weighted by atomic mass is 16.2. The molecular weight excluding hydrogens is 230 g/mol. The number of aromatic nitrogens is 3. The lowest BCUT2D eigenvalue weighted by Gasteiger charge is -2.36. The second-order valence-corrected chi connectivity index (χ2v) is 5.21. The molecule has 6 heteroatoms. The van der Waals surface area contributed by atoms with E-state index >= 15 is 0 Å². The number of aromatic amines is 1. The number of fused-ring (bicyclic) bond motifs is 2. The summed E-state index contributed by atoms with van der Waals surface area (Å²) >= 11 is 0. The Morgan fingerprint density at radius 1 is 1.44 bits per heavy atom. The number of carbonyl (C=O) groups is 1. The number of rotatable bonds is 3. The normalized spacial score (nSPS) is 30.4. The molecule has 0 aliphatic carbocycles. The molecule has 0 aromatic carbocycles. The average Bonchev–Trinajstić information content (AvgIpc) is 3.00. The molecule has 0 spiro atoms. The topological polar surface area (TPSA) is 73.9 Å². The van der Waals surface area contributed by atoms with Gasteiger partial charge in [-0.25, -0.2) is 0 Å². The molecule has 2 fully saturated rings. The molecule has 2 aliphatic heterocycles. The van der Waals surface area contributed by atoms with Gasteiger partial charge in [-0.2, -0.15) is 15.4 Å². The van der Waals surface area contributed by atoms with Crippen LogP contribution in [0, 0.1) is 0 Å². The van der Waals surface area contributed by atoms with E-state index in [1.807, 2.05) is 11.8 Å². The molecule has 1 aromatic heterocycles. The van der Waals surface area contributed by atoms with Crippen molar-refractivity contribution in [3.8, 4) is 0 Å². The van der Waals surface area contributed by atoms with Crippen LogP contribution in [0.2, 0.25) is 0 Å². The molecule has 1 aromatic rings. The summed E-state index contributed by atoms with van der Waals surface area (Å²) in [7, 11) is 0. The summed E-state index contributed by atoms with van der Waals surface area (Å²) in [6, 6.07) is 1.53. The number of nitrogens with one attached hydrogen (secondary N) is 2. The molecule has 0 saturated carbocycles. The fourth-order valence-electron chi connectivity index (χ4n) is 3.30. The van der Waals surface area contributed by atoms with Crippen LogP contribution in [0.3, 0.4) is 0 Å². The monoisotopic (exact) mass is 249 g/mol. The van der Waals surface area contributed by atoms with Crippen molar-refractivity contribution >= 4 is 5.91 Å². The highest BCUT2D eigenvalue weighted by molar-refractivity contribution is 5.92. The lowest BCUT2D eigenvalue weighted by Crippen LogP contribution is -2.50. The Labute approximate surface area is 106 Å². The van der Waals surface area contributed by atoms with Gasteiger partial charge in [-0.3, -0.25) is 4.79 Å². The first kappa shape index (κ1) is 11.6. The lowest BCUT2D eigenvalue weighted by molar-refractivity contribution is 0.0625. The smallest absolute Gasteiger partial charge is 0.276 e. The molecule has 3 rings (SSSR count). The Morgan fingerprint density at radius 2 is 2.17 bits per heavy atom. The molecule has 2 unspecified atom stereocenters. The molecule has 1 amide bonds. The highest BCUT2D eigenvalue weighted by Gasteiger charge is 2.37. The second-order valence-electron chi connectivity index (χ2n) is 5.21. The van der Waals surface area contributed by atoms with Crippen molar-refractivity contribution in [2.24, 2.45) is 0 Å². The van der Waals surface area contributed by atoms with Crippen molar-refractivity contribution in [2.75, 3.05) is 6.54 Å². The number of carbonyl (C=O) groups excluding carboxylic acids is 1. The van der Waals surface area contributed by atoms with Gasteiger partial charge in [0.25, 0.3) is 5.91 Å². The number of amides is 1. The fourth-order valence-corrected chi connectivity index (χ4v) is 3.30. The number of hydrogen-bond acceptors (Lipinski definition) is 4. The number of H-pyrrole nitrogens is 1. The van der Waals surface area contributed by atoms with Gasteiger partial charge in [-0.05, 0) is 32.6 Å². The summed E-state index contributed by atoms with van der Waals surface area (Å²) < 4.78 is 0. The van der Waals surface area contributed by atoms with Crippen molar-refractivity contribution in [1.82, 2.24) is 25.6 Å². The SMILES string of the molecule is CCN(C(=O)c1cn[nH]n1)C1CC2CCC(C1)N2. The molecule has 2 bridgehead atoms. The Morgan fingerprint density at radius 3 is 2.72 bits per heavy atom. The third kappa shape index (κ3) is 2.01. The summed E-state index contributed by atoms with van der Waals surface area (Å²) in [5.41, 5.74) is 0.419. The minimum atomic E-state index is -0.00227. The second kappa shape index (κ2) is 4.68. The number of piperidine rings is 1. The third-order valence-corrected chi connectivity index (χ3v) is 4.12. The molecule has 98 valence electrons. The average molecular weight is 249 g/mol. The van der Waals surface area contributed by atoms with Gasteiger partial charge in [0.15, 0.2) is 5.69 Å². The Kier molecular flexibility index (Phi) is 3.03. The van der Waals surface area contributed by atoms with Gasteiger partial charge in [-0.1, -0.05) is 0 Å². The van der Waals surface area contributed by atoms with E-state index in [9.17, 15) is 4.79 Å². The predicted molar refractivity (Wildman–Crippen MR) is 66.1 cm³/mol. The van der Waals surface area contributed by atoms with Crippen LogP contribution in [0.25, 0.3) is 0 Å². The Balaban J connectivity index is 1.74. The van der Waals surface area contributed by atoms with E-state index < -0.39 is 0 Å². The van der Waals surface area contributed by atoms with E-state index in [0.29, 0.717) is 23.8 Å². The van der Waals surface area contributed by atoms with Crippen LogP contribution >= 0.6 is 0 Å². The zero-order valence-electron chi connectivity index (χ0n) is 10.6. The summed E-state index contributed by atoms with van der Waals surface area (Å²) in [4.78, 5) is 14.3. The molecule has 2 saturated heterocycles. The van der Waals surface area contributed by atoms with Gasteiger partial charge in [0.2, 0.25) is 0 Å². The maximum Gasteiger partial charge on any atom is 0.276 e. The quantitative estimate of drug-likeness (QED) is 0.820. The van der Waals surface area contributed by atoms with E-state index in [2.05, 4.69) is 20.7 Å². The first-order chi connectivity index (χ1) is 8.78. The van der Waals surface area contributed by atoms with E-state index in [0.717, 1.165) is 19.4 Å². The van der Waals surface area contributed by atoms with Crippen LogP contribution in [-0.2, 0) is 0 Å². The first-order valence-electron chi connectivity index (χ1n) is 6.70. The van der Waals surface area contributed by atoms with Crippen LogP contribution in [0.15, 0.2) is 6.20 Å². The maximum atomic E-state index is 12.4. The van der Waals surface area contributed by atoms with Gasteiger partial charge >= 0.3 is 0 Å². The van der Waals surface area contributed by atoms with Crippen molar-refractivity contribution in [3.63, 3.8) is 0 Å². The minimum Gasteiger partial charge on any atom is -0.334 e. The standard InChI is InChI=1S/C12H19N5O/c1-2-17(12(18)11-7-13-16-15-11)10-5-8-3-4-9(6-10)14-8/h7-10,14H,2-6H2,1H3,(H,13,15,16). The van der Waals surface area contributed by atoms with Crippen molar-refractivity contribution in [3.05, 3.63) is 11.9 Å². The zero-order chi connectivity index (χ0) is 12.5. The Hall–Kier alpha value is -1.43. The molecule has 3 heterocycles. The fraction of sp³-hybridized carbons (Fsp3) is 0.750. The third-order valence-electron chi connectivity index (χ3n) is 4.12. The van der Waals surface area contributed by atoms with E-state index in [-0.39, 0.29) is 5.91 Å². The van der Waals surface area contributed by atoms with E-state index in [1.165, 1.54) is 19.0 Å². The van der Waals surface area contributed by atoms with Crippen LogP contribution in [0.5, 0.6) is 0 Å². The summed E-state index contributed by atoms with van der Waals surface area (Å²) in [6.45, 7) is 2.76. The van der Waals surface area contributed by atoms with Gasteiger partial charge in [0.1, 0.15) is 0 Å². The molecule has 18 heavy (non-hydrogen) atoms. The zero-order valence-corrected chi connectivity index (χ0v) is 10.6. The predicted octanol–water partition coefficient (Wildman–Crippen LogP) is 0.550. The van der Waals surface area contributed by atoms with E-state index in [1.54, 1.807) is 0 Å². The molecular formula is C12H19N5O. The molecule has 0 radical (unpaired) electrons. The van der Waals surface area contributed by atoms with Crippen LogP contribution in [-0.4, -0.2) is 50.9 Å². The van der Waals surface area contributed by atoms with Gasteiger partial charge < -0.3 is 10.2 Å². The molecule has 2 atom stereocenters. The summed E-state index contributed by atoms with van der Waals surface area (Å²) in [5.74, 6) is -0.00227. The van der Waals surface area contributed by atoms with E-state index in [4.69, 9.17) is 0 Å². The van der Waals surface area contributed by atoms with Crippen molar-refractivity contribution in [1.29, 1.82) is 0 Å². The van der Waals surface area contributed by atoms with Gasteiger partial charge in [0.05, 0.1) is 6.20 Å². The largest absolute Gasteiger partial charge is 0.334 e.